The number of hydrogen-bond donors (Lipinski definition) is 1. The summed E-state index contributed by atoms with van der Waals surface area (Å²) in [5, 5.41) is 0.180. The van der Waals surface area contributed by atoms with Gasteiger partial charge in [-0.05, 0) is 42.8 Å². The van der Waals surface area contributed by atoms with Crippen molar-refractivity contribution >= 4 is 33.2 Å². The molecule has 3 aromatic carbocycles. The van der Waals surface area contributed by atoms with E-state index >= 15 is 0 Å². The first-order chi connectivity index (χ1) is 13.8. The van der Waals surface area contributed by atoms with E-state index in [0.717, 1.165) is 11.1 Å². The number of halogens is 1. The van der Waals surface area contributed by atoms with Crippen molar-refractivity contribution in [1.29, 1.82) is 0 Å². The number of nitrogens with zero attached hydrogens (tertiary/aromatic N) is 1. The molecule has 0 aliphatic heterocycles. The SMILES string of the molecule is Cc1ccc(CN(C)C(=O)c2ccc(NS(=O)(=O)c3ccccc3)cc2Cl)cc1. The Morgan fingerprint density at radius 1 is 1.00 bits per heavy atom. The highest BCUT2D eigenvalue weighted by Gasteiger charge is 2.18. The van der Waals surface area contributed by atoms with Gasteiger partial charge in [-0.2, -0.15) is 0 Å². The molecule has 0 atom stereocenters. The van der Waals surface area contributed by atoms with Crippen LogP contribution in [0.2, 0.25) is 5.02 Å². The summed E-state index contributed by atoms with van der Waals surface area (Å²) in [4.78, 5) is 14.5. The van der Waals surface area contributed by atoms with E-state index in [1.165, 1.54) is 30.3 Å². The molecule has 0 heterocycles. The molecular weight excluding hydrogens is 408 g/mol. The van der Waals surface area contributed by atoms with Crippen LogP contribution in [0.25, 0.3) is 0 Å². The first-order valence-corrected chi connectivity index (χ1v) is 10.8. The zero-order chi connectivity index (χ0) is 21.0. The Morgan fingerprint density at radius 3 is 2.28 bits per heavy atom. The predicted molar refractivity (Wildman–Crippen MR) is 116 cm³/mol. The Kier molecular flexibility index (Phi) is 6.25. The van der Waals surface area contributed by atoms with Crippen LogP contribution in [0.5, 0.6) is 0 Å². The smallest absolute Gasteiger partial charge is 0.261 e. The van der Waals surface area contributed by atoms with Crippen molar-refractivity contribution in [1.82, 2.24) is 4.90 Å². The van der Waals surface area contributed by atoms with Gasteiger partial charge in [0.25, 0.3) is 15.9 Å². The summed E-state index contributed by atoms with van der Waals surface area (Å²) in [6, 6.07) is 20.5. The largest absolute Gasteiger partial charge is 0.337 e. The maximum Gasteiger partial charge on any atom is 0.261 e. The van der Waals surface area contributed by atoms with Gasteiger partial charge in [-0.25, -0.2) is 8.42 Å². The number of sulfonamides is 1. The van der Waals surface area contributed by atoms with Crippen LogP contribution >= 0.6 is 11.6 Å². The lowest BCUT2D eigenvalue weighted by Gasteiger charge is -2.18. The highest BCUT2D eigenvalue weighted by atomic mass is 35.5. The van der Waals surface area contributed by atoms with Crippen molar-refractivity contribution in [2.75, 3.05) is 11.8 Å². The number of anilines is 1. The number of nitrogens with one attached hydrogen (secondary N) is 1. The van der Waals surface area contributed by atoms with Crippen LogP contribution in [0.15, 0.2) is 77.7 Å². The first-order valence-electron chi connectivity index (χ1n) is 8.95. The summed E-state index contributed by atoms with van der Waals surface area (Å²) in [7, 11) is -2.03. The number of hydrogen-bond acceptors (Lipinski definition) is 3. The van der Waals surface area contributed by atoms with E-state index in [1.807, 2.05) is 31.2 Å². The van der Waals surface area contributed by atoms with Crippen LogP contribution in [-0.2, 0) is 16.6 Å². The summed E-state index contributed by atoms with van der Waals surface area (Å²) < 4.78 is 27.4. The van der Waals surface area contributed by atoms with Crippen molar-refractivity contribution in [3.8, 4) is 0 Å². The second-order valence-electron chi connectivity index (χ2n) is 6.76. The number of carbonyl (C=O) groups is 1. The molecule has 0 radical (unpaired) electrons. The standard InChI is InChI=1S/C22H21ClN2O3S/c1-16-8-10-17(11-9-16)15-25(2)22(26)20-13-12-18(14-21(20)23)24-29(27,28)19-6-4-3-5-7-19/h3-14,24H,15H2,1-2H3. The van der Waals surface area contributed by atoms with Crippen LogP contribution in [0.4, 0.5) is 5.69 Å². The Morgan fingerprint density at radius 2 is 1.66 bits per heavy atom. The van der Waals surface area contributed by atoms with Crippen molar-refractivity contribution in [2.24, 2.45) is 0 Å². The molecule has 0 spiro atoms. The zero-order valence-corrected chi connectivity index (χ0v) is 17.7. The number of carbonyl (C=O) groups excluding carboxylic acids is 1. The van der Waals surface area contributed by atoms with Crippen LogP contribution in [0.1, 0.15) is 21.5 Å². The van der Waals surface area contributed by atoms with Gasteiger partial charge < -0.3 is 4.90 Å². The maximum atomic E-state index is 12.8. The van der Waals surface area contributed by atoms with Crippen LogP contribution in [-0.4, -0.2) is 26.3 Å². The Bertz CT molecular complexity index is 1110. The molecule has 0 aliphatic rings. The van der Waals surface area contributed by atoms with Gasteiger partial charge >= 0.3 is 0 Å². The third kappa shape index (κ3) is 5.16. The fraction of sp³-hybridized carbons (Fsp3) is 0.136. The van der Waals surface area contributed by atoms with Crippen molar-refractivity contribution in [2.45, 2.75) is 18.4 Å². The molecule has 0 saturated carbocycles. The Hall–Kier alpha value is -2.83. The van der Waals surface area contributed by atoms with E-state index in [4.69, 9.17) is 11.6 Å². The molecule has 7 heteroatoms. The van der Waals surface area contributed by atoms with Gasteiger partial charge in [-0.15, -0.1) is 0 Å². The minimum Gasteiger partial charge on any atom is -0.337 e. The molecule has 3 rings (SSSR count). The summed E-state index contributed by atoms with van der Waals surface area (Å²) in [6.07, 6.45) is 0. The summed E-state index contributed by atoms with van der Waals surface area (Å²) in [5.41, 5.74) is 2.76. The molecular formula is C22H21ClN2O3S. The number of benzene rings is 3. The molecule has 150 valence electrons. The van der Waals surface area contributed by atoms with Gasteiger partial charge in [0, 0.05) is 13.6 Å². The molecule has 0 saturated heterocycles. The minimum atomic E-state index is -3.73. The summed E-state index contributed by atoms with van der Waals surface area (Å²) in [5.74, 6) is -0.243. The lowest BCUT2D eigenvalue weighted by atomic mass is 10.1. The van der Waals surface area contributed by atoms with Gasteiger partial charge in [-0.3, -0.25) is 9.52 Å². The lowest BCUT2D eigenvalue weighted by molar-refractivity contribution is 0.0785. The molecule has 0 aromatic heterocycles. The fourth-order valence-electron chi connectivity index (χ4n) is 2.81. The van der Waals surface area contributed by atoms with Gasteiger partial charge in [0.2, 0.25) is 0 Å². The summed E-state index contributed by atoms with van der Waals surface area (Å²) in [6.45, 7) is 2.45. The monoisotopic (exact) mass is 428 g/mol. The predicted octanol–water partition coefficient (Wildman–Crippen LogP) is 4.72. The van der Waals surface area contributed by atoms with Crippen LogP contribution < -0.4 is 4.72 Å². The zero-order valence-electron chi connectivity index (χ0n) is 16.1. The van der Waals surface area contributed by atoms with Crippen molar-refractivity contribution < 1.29 is 13.2 Å². The molecule has 1 amide bonds. The second kappa shape index (κ2) is 8.68. The van der Waals surface area contributed by atoms with Crippen molar-refractivity contribution in [3.05, 3.63) is 94.5 Å². The van der Waals surface area contributed by atoms with Gasteiger partial charge in [0.15, 0.2) is 0 Å². The first kappa shape index (κ1) is 20.9. The normalized spacial score (nSPS) is 11.1. The van der Waals surface area contributed by atoms with Gasteiger partial charge in [0.05, 0.1) is 21.2 Å². The second-order valence-corrected chi connectivity index (χ2v) is 8.85. The average molecular weight is 429 g/mol. The van der Waals surface area contributed by atoms with E-state index in [1.54, 1.807) is 30.1 Å². The average Bonchev–Trinajstić information content (AvgIpc) is 2.70. The fourth-order valence-corrected chi connectivity index (χ4v) is 4.14. The summed E-state index contributed by atoms with van der Waals surface area (Å²) >= 11 is 6.28. The molecule has 1 N–H and O–H groups in total. The third-order valence-corrected chi connectivity index (χ3v) is 6.10. The molecule has 0 fully saturated rings. The van der Waals surface area contributed by atoms with Gasteiger partial charge in [0.1, 0.15) is 0 Å². The molecule has 0 unspecified atom stereocenters. The third-order valence-electron chi connectivity index (χ3n) is 4.39. The molecule has 0 aliphatic carbocycles. The van der Waals surface area contributed by atoms with E-state index in [9.17, 15) is 13.2 Å². The molecule has 5 nitrogen and oxygen atoms in total. The number of aryl methyl sites for hydroxylation is 1. The van der Waals surface area contributed by atoms with Crippen LogP contribution in [0.3, 0.4) is 0 Å². The van der Waals surface area contributed by atoms with E-state index in [0.29, 0.717) is 12.1 Å². The van der Waals surface area contributed by atoms with E-state index in [-0.39, 0.29) is 21.5 Å². The molecule has 0 bridgehead atoms. The lowest BCUT2D eigenvalue weighted by Crippen LogP contribution is -2.26. The topological polar surface area (TPSA) is 66.5 Å². The van der Waals surface area contributed by atoms with E-state index in [2.05, 4.69) is 4.72 Å². The van der Waals surface area contributed by atoms with Gasteiger partial charge in [-0.1, -0.05) is 59.6 Å². The Labute approximate surface area is 176 Å². The quantitative estimate of drug-likeness (QED) is 0.617. The maximum absolute atomic E-state index is 12.8. The number of rotatable bonds is 6. The highest BCUT2D eigenvalue weighted by Crippen LogP contribution is 2.24. The number of amides is 1. The van der Waals surface area contributed by atoms with Crippen molar-refractivity contribution in [3.63, 3.8) is 0 Å². The van der Waals surface area contributed by atoms with E-state index < -0.39 is 10.0 Å². The molecule has 3 aromatic rings. The van der Waals surface area contributed by atoms with Crippen LogP contribution in [0, 0.1) is 6.92 Å². The minimum absolute atomic E-state index is 0.147. The molecule has 29 heavy (non-hydrogen) atoms. The highest BCUT2D eigenvalue weighted by molar-refractivity contribution is 7.92. The Balaban J connectivity index is 1.75.